The normalized spacial score (nSPS) is 10.2. The van der Waals surface area contributed by atoms with Crippen LogP contribution in [0.1, 0.15) is 16.3 Å². The van der Waals surface area contributed by atoms with Crippen molar-refractivity contribution in [2.24, 2.45) is 0 Å². The topological polar surface area (TPSA) is 92.3 Å². The number of ether oxygens (including phenoxy) is 1. The van der Waals surface area contributed by atoms with Gasteiger partial charge < -0.3 is 14.8 Å². The van der Waals surface area contributed by atoms with Gasteiger partial charge in [-0.25, -0.2) is 14.2 Å². The first-order valence-electron chi connectivity index (χ1n) is 5.27. The van der Waals surface area contributed by atoms with Crippen molar-refractivity contribution in [3.05, 3.63) is 58.0 Å². The maximum atomic E-state index is 13.3. The number of nitrogens with zero attached hydrogens (tertiary/aromatic N) is 1. The van der Waals surface area contributed by atoms with Crippen molar-refractivity contribution in [3.8, 4) is 5.75 Å². The lowest BCUT2D eigenvalue weighted by Crippen LogP contribution is -2.17. The van der Waals surface area contributed by atoms with Crippen molar-refractivity contribution in [3.63, 3.8) is 0 Å². The molecule has 0 spiro atoms. The summed E-state index contributed by atoms with van der Waals surface area (Å²) in [5, 5.41) is 8.75. The van der Waals surface area contributed by atoms with Gasteiger partial charge in [-0.05, 0) is 12.1 Å². The quantitative estimate of drug-likeness (QED) is 0.865. The van der Waals surface area contributed by atoms with Crippen molar-refractivity contribution in [2.45, 2.75) is 6.61 Å². The number of aromatic nitrogens is 2. The van der Waals surface area contributed by atoms with Gasteiger partial charge in [-0.3, -0.25) is 4.79 Å². The third kappa shape index (κ3) is 3.15. The third-order valence-electron chi connectivity index (χ3n) is 2.21. The van der Waals surface area contributed by atoms with Crippen molar-refractivity contribution in [2.75, 3.05) is 0 Å². The Morgan fingerprint density at radius 3 is 2.84 bits per heavy atom. The molecule has 19 heavy (non-hydrogen) atoms. The first kappa shape index (κ1) is 12.7. The fraction of sp³-hybridized carbons (Fsp3) is 0.0833. The Bertz CT molecular complexity index is 669. The molecule has 2 aromatic rings. The van der Waals surface area contributed by atoms with E-state index in [0.29, 0.717) is 0 Å². The summed E-state index contributed by atoms with van der Waals surface area (Å²) in [6, 6.07) is 6.58. The fourth-order valence-electron chi connectivity index (χ4n) is 1.39. The zero-order valence-corrected chi connectivity index (χ0v) is 9.59. The Morgan fingerprint density at radius 2 is 2.16 bits per heavy atom. The maximum absolute atomic E-state index is 13.3. The van der Waals surface area contributed by atoms with E-state index in [1.165, 1.54) is 18.2 Å². The molecule has 1 heterocycles. The molecule has 0 radical (unpaired) electrons. The minimum atomic E-state index is -1.32. The molecule has 98 valence electrons. The molecule has 0 aliphatic heterocycles. The summed E-state index contributed by atoms with van der Waals surface area (Å²) in [6.07, 6.45) is 0. The second-order valence-electron chi connectivity index (χ2n) is 3.60. The van der Waals surface area contributed by atoms with Crippen molar-refractivity contribution in [1.82, 2.24) is 9.97 Å². The second kappa shape index (κ2) is 5.30. The van der Waals surface area contributed by atoms with Crippen LogP contribution in [0, 0.1) is 5.82 Å². The SMILES string of the molecule is O=C(O)c1cc(=O)[nH]c(COc2ccccc2F)n1. The van der Waals surface area contributed by atoms with E-state index in [1.807, 2.05) is 0 Å². The number of rotatable bonds is 4. The number of benzene rings is 1. The number of halogens is 1. The van der Waals surface area contributed by atoms with E-state index in [0.717, 1.165) is 6.07 Å². The van der Waals surface area contributed by atoms with Crippen molar-refractivity contribution < 1.29 is 19.0 Å². The van der Waals surface area contributed by atoms with E-state index in [4.69, 9.17) is 9.84 Å². The summed E-state index contributed by atoms with van der Waals surface area (Å²) in [4.78, 5) is 27.9. The van der Waals surface area contributed by atoms with Crippen molar-refractivity contribution >= 4 is 5.97 Å². The summed E-state index contributed by atoms with van der Waals surface area (Å²) in [6.45, 7) is -0.239. The van der Waals surface area contributed by atoms with Crippen molar-refractivity contribution in [1.29, 1.82) is 0 Å². The lowest BCUT2D eigenvalue weighted by molar-refractivity contribution is 0.0689. The molecule has 1 aromatic heterocycles. The molecule has 6 nitrogen and oxygen atoms in total. The smallest absolute Gasteiger partial charge is 0.354 e. The van der Waals surface area contributed by atoms with Crippen LogP contribution in [0.3, 0.4) is 0 Å². The molecule has 0 bridgehead atoms. The number of carbonyl (C=O) groups is 1. The molecule has 0 saturated carbocycles. The minimum Gasteiger partial charge on any atom is -0.483 e. The highest BCUT2D eigenvalue weighted by molar-refractivity contribution is 5.85. The molecule has 1 aromatic carbocycles. The summed E-state index contributed by atoms with van der Waals surface area (Å²) >= 11 is 0. The highest BCUT2D eigenvalue weighted by Crippen LogP contribution is 2.16. The Balaban J connectivity index is 2.18. The number of H-pyrrole nitrogens is 1. The number of aromatic amines is 1. The van der Waals surface area contributed by atoms with Crippen LogP contribution in [0.5, 0.6) is 5.75 Å². The predicted molar refractivity (Wildman–Crippen MR) is 62.5 cm³/mol. The van der Waals surface area contributed by atoms with E-state index >= 15 is 0 Å². The number of carboxylic acid groups (broad SMARTS) is 1. The number of hydrogen-bond donors (Lipinski definition) is 2. The molecule has 0 unspecified atom stereocenters. The summed E-state index contributed by atoms with van der Waals surface area (Å²) in [5.41, 5.74) is -1.00. The first-order chi connectivity index (χ1) is 9.06. The van der Waals surface area contributed by atoms with Gasteiger partial charge in [-0.2, -0.15) is 0 Å². The van der Waals surface area contributed by atoms with Crippen LogP contribution in [-0.2, 0) is 6.61 Å². The van der Waals surface area contributed by atoms with Gasteiger partial charge in [0.15, 0.2) is 17.3 Å². The Hall–Kier alpha value is -2.70. The molecule has 2 N–H and O–H groups in total. The fourth-order valence-corrected chi connectivity index (χ4v) is 1.39. The predicted octanol–water partition coefficient (Wildman–Crippen LogP) is 1.19. The number of nitrogens with one attached hydrogen (secondary N) is 1. The number of para-hydroxylation sites is 1. The third-order valence-corrected chi connectivity index (χ3v) is 2.21. The zero-order valence-electron chi connectivity index (χ0n) is 9.59. The van der Waals surface area contributed by atoms with Gasteiger partial charge in [0.2, 0.25) is 0 Å². The largest absolute Gasteiger partial charge is 0.483 e. The van der Waals surface area contributed by atoms with Gasteiger partial charge in [-0.15, -0.1) is 0 Å². The number of hydrogen-bond acceptors (Lipinski definition) is 4. The van der Waals surface area contributed by atoms with Crippen LogP contribution in [0.15, 0.2) is 35.1 Å². The maximum Gasteiger partial charge on any atom is 0.354 e. The molecular formula is C12H9FN2O4. The average molecular weight is 264 g/mol. The summed E-state index contributed by atoms with van der Waals surface area (Å²) in [7, 11) is 0. The van der Waals surface area contributed by atoms with Gasteiger partial charge >= 0.3 is 5.97 Å². The van der Waals surface area contributed by atoms with E-state index in [-0.39, 0.29) is 18.2 Å². The Morgan fingerprint density at radius 1 is 1.42 bits per heavy atom. The lowest BCUT2D eigenvalue weighted by atomic mass is 10.3. The molecular weight excluding hydrogens is 255 g/mol. The number of aromatic carboxylic acids is 1. The molecule has 0 saturated heterocycles. The van der Waals surface area contributed by atoms with Crippen LogP contribution >= 0.6 is 0 Å². The van der Waals surface area contributed by atoms with Crippen LogP contribution in [-0.4, -0.2) is 21.0 Å². The summed E-state index contributed by atoms with van der Waals surface area (Å²) in [5.74, 6) is -1.88. The zero-order chi connectivity index (χ0) is 13.8. The van der Waals surface area contributed by atoms with Gasteiger partial charge in [0.1, 0.15) is 12.4 Å². The highest BCUT2D eigenvalue weighted by Gasteiger charge is 2.09. The van der Waals surface area contributed by atoms with Gasteiger partial charge in [0.05, 0.1) is 0 Å². The van der Waals surface area contributed by atoms with E-state index < -0.39 is 23.0 Å². The molecule has 0 atom stereocenters. The Labute approximate surface area is 106 Å². The highest BCUT2D eigenvalue weighted by atomic mass is 19.1. The van der Waals surface area contributed by atoms with Crippen LogP contribution in [0.25, 0.3) is 0 Å². The van der Waals surface area contributed by atoms with Gasteiger partial charge in [-0.1, -0.05) is 12.1 Å². The summed E-state index contributed by atoms with van der Waals surface area (Å²) < 4.78 is 18.4. The average Bonchev–Trinajstić information content (AvgIpc) is 2.37. The van der Waals surface area contributed by atoms with Crippen LogP contribution in [0.2, 0.25) is 0 Å². The molecule has 0 aliphatic carbocycles. The molecule has 7 heteroatoms. The molecule has 0 amide bonds. The van der Waals surface area contributed by atoms with Gasteiger partial charge in [0.25, 0.3) is 5.56 Å². The first-order valence-corrected chi connectivity index (χ1v) is 5.27. The molecule has 2 rings (SSSR count). The van der Waals surface area contributed by atoms with Gasteiger partial charge in [0, 0.05) is 6.07 Å². The van der Waals surface area contributed by atoms with E-state index in [2.05, 4.69) is 9.97 Å². The molecule has 0 fully saturated rings. The minimum absolute atomic E-state index is 0.00755. The molecule has 0 aliphatic rings. The van der Waals surface area contributed by atoms with Crippen LogP contribution in [0.4, 0.5) is 4.39 Å². The lowest BCUT2D eigenvalue weighted by Gasteiger charge is -2.06. The Kier molecular flexibility index (Phi) is 3.56. The van der Waals surface area contributed by atoms with E-state index in [9.17, 15) is 14.0 Å². The standard InChI is InChI=1S/C12H9FN2O4/c13-7-3-1-2-4-9(7)19-6-10-14-8(12(17)18)5-11(16)15-10/h1-5H,6H2,(H,17,18)(H,14,15,16). The van der Waals surface area contributed by atoms with Crippen LogP contribution < -0.4 is 10.3 Å². The monoisotopic (exact) mass is 264 g/mol. The van der Waals surface area contributed by atoms with E-state index in [1.54, 1.807) is 6.07 Å². The number of carboxylic acids is 1. The second-order valence-corrected chi connectivity index (χ2v) is 3.60.